The molecule has 0 unspecified atom stereocenters. The molecule has 2 N–H and O–H groups in total. The molecule has 2 rings (SSSR count). The number of aliphatic hydroxyl groups excluding tert-OH is 2. The van der Waals surface area contributed by atoms with Crippen molar-refractivity contribution in [3.63, 3.8) is 0 Å². The molecule has 8 heteroatoms. The molecule has 34 heavy (non-hydrogen) atoms. The largest absolute Gasteiger partial charge is 0.491 e. The van der Waals surface area contributed by atoms with Crippen LogP contribution in [-0.4, -0.2) is 89.5 Å². The fourth-order valence-electron chi connectivity index (χ4n) is 2.62. The Balaban J connectivity index is 1.61. The van der Waals surface area contributed by atoms with Crippen molar-refractivity contribution in [1.82, 2.24) is 0 Å². The van der Waals surface area contributed by atoms with Crippen molar-refractivity contribution in [2.24, 2.45) is 0 Å². The highest BCUT2D eigenvalue weighted by Crippen LogP contribution is 2.13. The molecule has 0 saturated carbocycles. The molecule has 0 bridgehead atoms. The first-order valence-electron chi connectivity index (χ1n) is 11.3. The van der Waals surface area contributed by atoms with Gasteiger partial charge in [0.15, 0.2) is 0 Å². The highest BCUT2D eigenvalue weighted by molar-refractivity contribution is 5.45. The fourth-order valence-corrected chi connectivity index (χ4v) is 2.62. The van der Waals surface area contributed by atoms with E-state index in [-0.39, 0.29) is 13.2 Å². The minimum Gasteiger partial charge on any atom is -0.491 e. The minimum absolute atomic E-state index is 0.0204. The number of hydrogen-bond donors (Lipinski definition) is 2. The lowest BCUT2D eigenvalue weighted by Crippen LogP contribution is -2.11. The molecule has 0 aromatic heterocycles. The van der Waals surface area contributed by atoms with E-state index >= 15 is 0 Å². The minimum atomic E-state index is 0.0204. The summed E-state index contributed by atoms with van der Waals surface area (Å²) in [5.41, 5.74) is 1.79. The molecular weight excluding hydrogens is 440 g/mol. The molecule has 0 saturated heterocycles. The zero-order valence-electron chi connectivity index (χ0n) is 19.4. The summed E-state index contributed by atoms with van der Waals surface area (Å²) >= 11 is 0. The van der Waals surface area contributed by atoms with Gasteiger partial charge < -0.3 is 38.6 Å². The van der Waals surface area contributed by atoms with Crippen LogP contribution in [-0.2, 0) is 18.9 Å². The number of benzene rings is 2. The van der Waals surface area contributed by atoms with Gasteiger partial charge in [-0.3, -0.25) is 0 Å². The molecule has 0 aliphatic carbocycles. The SMILES string of the molecule is OCCOCCOCCOc1ccc(C#Cc2ccc(OCCOCCOCCO)cc2)cc1. The summed E-state index contributed by atoms with van der Waals surface area (Å²) in [7, 11) is 0. The molecule has 0 atom stereocenters. The van der Waals surface area contributed by atoms with Crippen LogP contribution in [0.25, 0.3) is 0 Å². The van der Waals surface area contributed by atoms with Crippen LogP contribution >= 0.6 is 0 Å². The van der Waals surface area contributed by atoms with Crippen molar-refractivity contribution in [3.8, 4) is 23.3 Å². The Labute approximate surface area is 201 Å². The van der Waals surface area contributed by atoms with Crippen molar-refractivity contribution in [1.29, 1.82) is 0 Å². The maximum Gasteiger partial charge on any atom is 0.119 e. The van der Waals surface area contributed by atoms with Gasteiger partial charge >= 0.3 is 0 Å². The average Bonchev–Trinajstić information content (AvgIpc) is 2.87. The Morgan fingerprint density at radius 3 is 1.12 bits per heavy atom. The summed E-state index contributed by atoms with van der Waals surface area (Å²) in [6.45, 7) is 4.40. The first kappa shape index (κ1) is 27.6. The molecule has 0 heterocycles. The van der Waals surface area contributed by atoms with Crippen LogP contribution in [0, 0.1) is 11.8 Å². The third-order valence-electron chi connectivity index (χ3n) is 4.27. The zero-order valence-corrected chi connectivity index (χ0v) is 19.4. The quantitative estimate of drug-likeness (QED) is 0.250. The summed E-state index contributed by atoms with van der Waals surface area (Å²) in [6.07, 6.45) is 0. The van der Waals surface area contributed by atoms with Crippen molar-refractivity contribution >= 4 is 0 Å². The second-order valence-corrected chi connectivity index (χ2v) is 6.89. The maximum absolute atomic E-state index is 8.61. The molecule has 0 fully saturated rings. The fraction of sp³-hybridized carbons (Fsp3) is 0.462. The van der Waals surface area contributed by atoms with Gasteiger partial charge in [-0.15, -0.1) is 0 Å². The summed E-state index contributed by atoms with van der Waals surface area (Å²) in [6, 6.07) is 15.2. The van der Waals surface area contributed by atoms with Crippen LogP contribution in [0.4, 0.5) is 0 Å². The smallest absolute Gasteiger partial charge is 0.119 e. The van der Waals surface area contributed by atoms with Gasteiger partial charge in [0.05, 0.1) is 66.1 Å². The highest BCUT2D eigenvalue weighted by Gasteiger charge is 1.97. The molecule has 0 radical (unpaired) electrons. The zero-order chi connectivity index (χ0) is 24.1. The van der Waals surface area contributed by atoms with Crippen LogP contribution in [0.5, 0.6) is 11.5 Å². The molecule has 0 aliphatic rings. The van der Waals surface area contributed by atoms with Gasteiger partial charge in [-0.1, -0.05) is 11.8 Å². The molecule has 186 valence electrons. The monoisotopic (exact) mass is 474 g/mol. The van der Waals surface area contributed by atoms with Crippen LogP contribution in [0.2, 0.25) is 0 Å². The Kier molecular flexibility index (Phi) is 15.2. The van der Waals surface area contributed by atoms with E-state index in [1.165, 1.54) is 0 Å². The molecular formula is C26H34O8. The topological polar surface area (TPSA) is 95.8 Å². The summed E-state index contributed by atoms with van der Waals surface area (Å²) < 4.78 is 32.3. The van der Waals surface area contributed by atoms with E-state index in [1.807, 2.05) is 48.5 Å². The normalized spacial score (nSPS) is 10.5. The second kappa shape index (κ2) is 18.7. The van der Waals surface area contributed by atoms with Gasteiger partial charge in [0, 0.05) is 11.1 Å². The van der Waals surface area contributed by atoms with Crippen LogP contribution < -0.4 is 9.47 Å². The Bertz CT molecular complexity index is 744. The molecule has 8 nitrogen and oxygen atoms in total. The number of hydrogen-bond acceptors (Lipinski definition) is 8. The molecule has 0 spiro atoms. The second-order valence-electron chi connectivity index (χ2n) is 6.89. The third kappa shape index (κ3) is 13.2. The van der Waals surface area contributed by atoms with Gasteiger partial charge in [0.25, 0.3) is 0 Å². The van der Waals surface area contributed by atoms with E-state index in [2.05, 4.69) is 11.8 Å². The highest BCUT2D eigenvalue weighted by atomic mass is 16.6. The number of ether oxygens (including phenoxy) is 6. The van der Waals surface area contributed by atoms with E-state index in [0.717, 1.165) is 22.6 Å². The first-order valence-corrected chi connectivity index (χ1v) is 11.3. The number of aliphatic hydroxyl groups is 2. The van der Waals surface area contributed by atoms with Crippen LogP contribution in [0.1, 0.15) is 11.1 Å². The van der Waals surface area contributed by atoms with Gasteiger partial charge in [-0.05, 0) is 48.5 Å². The van der Waals surface area contributed by atoms with Crippen LogP contribution in [0.3, 0.4) is 0 Å². The lowest BCUT2D eigenvalue weighted by atomic mass is 10.2. The van der Waals surface area contributed by atoms with Crippen LogP contribution in [0.15, 0.2) is 48.5 Å². The van der Waals surface area contributed by atoms with Gasteiger partial charge in [-0.2, -0.15) is 0 Å². The molecule has 0 amide bonds. The summed E-state index contributed by atoms with van der Waals surface area (Å²) in [5.74, 6) is 7.79. The Hall–Kier alpha value is -2.64. The molecule has 2 aromatic rings. The standard InChI is InChI=1S/C26H34O8/c27-11-13-29-15-17-31-19-21-33-25-7-3-23(4-8-25)1-2-24-5-9-26(10-6-24)34-22-20-32-18-16-30-14-12-28/h3-10,27-28H,11-22H2. The van der Waals surface area contributed by atoms with E-state index in [9.17, 15) is 0 Å². The predicted molar refractivity (Wildman–Crippen MR) is 127 cm³/mol. The molecule has 0 aliphatic heterocycles. The lowest BCUT2D eigenvalue weighted by molar-refractivity contribution is 0.0247. The third-order valence-corrected chi connectivity index (χ3v) is 4.27. The van der Waals surface area contributed by atoms with Crippen molar-refractivity contribution in [2.75, 3.05) is 79.3 Å². The number of rotatable bonds is 18. The summed E-state index contributed by atoms with van der Waals surface area (Å²) in [4.78, 5) is 0. The van der Waals surface area contributed by atoms with E-state index < -0.39 is 0 Å². The van der Waals surface area contributed by atoms with Crippen molar-refractivity contribution < 1.29 is 38.6 Å². The predicted octanol–water partition coefficient (Wildman–Crippen LogP) is 1.89. The van der Waals surface area contributed by atoms with Gasteiger partial charge in [0.2, 0.25) is 0 Å². The average molecular weight is 475 g/mol. The molecule has 2 aromatic carbocycles. The summed E-state index contributed by atoms with van der Waals surface area (Å²) in [5, 5.41) is 17.2. The Morgan fingerprint density at radius 2 is 0.765 bits per heavy atom. The first-order chi connectivity index (χ1) is 16.8. The van der Waals surface area contributed by atoms with E-state index in [4.69, 9.17) is 38.6 Å². The lowest BCUT2D eigenvalue weighted by Gasteiger charge is -2.07. The van der Waals surface area contributed by atoms with Crippen molar-refractivity contribution in [2.45, 2.75) is 0 Å². The maximum atomic E-state index is 8.61. The van der Waals surface area contributed by atoms with Gasteiger partial charge in [-0.25, -0.2) is 0 Å². The van der Waals surface area contributed by atoms with E-state index in [0.29, 0.717) is 66.1 Å². The van der Waals surface area contributed by atoms with E-state index in [1.54, 1.807) is 0 Å². The Morgan fingerprint density at radius 1 is 0.441 bits per heavy atom. The van der Waals surface area contributed by atoms with Crippen molar-refractivity contribution in [3.05, 3.63) is 59.7 Å². The van der Waals surface area contributed by atoms with Gasteiger partial charge in [0.1, 0.15) is 24.7 Å².